The normalized spacial score (nSPS) is 26.7. The van der Waals surface area contributed by atoms with Gasteiger partial charge in [0.1, 0.15) is 5.82 Å². The van der Waals surface area contributed by atoms with Gasteiger partial charge in [-0.15, -0.1) is 0 Å². The molecule has 1 saturated heterocycles. The lowest BCUT2D eigenvalue weighted by Gasteiger charge is -2.39. The monoisotopic (exact) mass is 418 g/mol. The molecule has 2 aliphatic rings. The van der Waals surface area contributed by atoms with Crippen LogP contribution >= 0.6 is 0 Å². The molecule has 0 spiro atoms. The van der Waals surface area contributed by atoms with Crippen molar-refractivity contribution >= 4 is 17.5 Å². The SMILES string of the molecule is C[C@@H]1[C@H](C)CCC[C@H]1NC(=O)[C@@H](C)N1CCN(CC(=O)Nc2ccc(F)cc2)CC1. The standard InChI is InChI=1S/C23H35FN4O2/c1-16-5-4-6-21(17(16)2)26-23(30)18(3)28-13-11-27(12-14-28)15-22(29)25-20-9-7-19(24)8-10-20/h7-10,16-18,21H,4-6,11-15H2,1-3H3,(H,25,29)(H,26,30)/t16-,17-,18-,21-/m1/s1. The number of nitrogens with one attached hydrogen (secondary N) is 2. The summed E-state index contributed by atoms with van der Waals surface area (Å²) < 4.78 is 13.0. The fourth-order valence-corrected chi connectivity index (χ4v) is 4.50. The van der Waals surface area contributed by atoms with Crippen LogP contribution in [0, 0.1) is 17.7 Å². The van der Waals surface area contributed by atoms with Crippen LogP contribution in [0.25, 0.3) is 0 Å². The number of benzene rings is 1. The number of amides is 2. The maximum absolute atomic E-state index is 13.0. The quantitative estimate of drug-likeness (QED) is 0.746. The van der Waals surface area contributed by atoms with Gasteiger partial charge in [-0.05, 0) is 49.4 Å². The summed E-state index contributed by atoms with van der Waals surface area (Å²) in [7, 11) is 0. The molecule has 166 valence electrons. The zero-order valence-electron chi connectivity index (χ0n) is 18.4. The second-order valence-electron chi connectivity index (χ2n) is 8.93. The highest BCUT2D eigenvalue weighted by molar-refractivity contribution is 5.92. The number of anilines is 1. The van der Waals surface area contributed by atoms with E-state index in [1.54, 1.807) is 12.1 Å². The van der Waals surface area contributed by atoms with Crippen molar-refractivity contribution in [2.45, 2.75) is 52.1 Å². The summed E-state index contributed by atoms with van der Waals surface area (Å²) in [6.07, 6.45) is 3.50. The van der Waals surface area contributed by atoms with E-state index >= 15 is 0 Å². The number of carbonyl (C=O) groups is 2. The molecule has 1 aromatic carbocycles. The Bertz CT molecular complexity index is 718. The van der Waals surface area contributed by atoms with Crippen LogP contribution in [0.3, 0.4) is 0 Å². The van der Waals surface area contributed by atoms with Crippen molar-refractivity contribution in [3.63, 3.8) is 0 Å². The van der Waals surface area contributed by atoms with Gasteiger partial charge in [0.15, 0.2) is 0 Å². The summed E-state index contributed by atoms with van der Waals surface area (Å²) in [5, 5.41) is 6.08. The van der Waals surface area contributed by atoms with Crippen LogP contribution in [0.2, 0.25) is 0 Å². The molecule has 1 aromatic rings. The Hall–Kier alpha value is -1.99. The number of hydrogen-bond acceptors (Lipinski definition) is 4. The fourth-order valence-electron chi connectivity index (χ4n) is 4.50. The molecule has 2 amide bonds. The summed E-state index contributed by atoms with van der Waals surface area (Å²) in [5.74, 6) is 0.856. The number of nitrogens with zero attached hydrogens (tertiary/aromatic N) is 2. The minimum absolute atomic E-state index is 0.110. The van der Waals surface area contributed by atoms with E-state index in [4.69, 9.17) is 0 Å². The topological polar surface area (TPSA) is 64.7 Å². The molecule has 3 rings (SSSR count). The number of rotatable bonds is 6. The fraction of sp³-hybridized carbons (Fsp3) is 0.652. The summed E-state index contributed by atoms with van der Waals surface area (Å²) in [4.78, 5) is 29.3. The molecule has 0 bridgehead atoms. The Kier molecular flexibility index (Phi) is 7.83. The molecule has 6 nitrogen and oxygen atoms in total. The molecule has 0 aromatic heterocycles. The van der Waals surface area contributed by atoms with Crippen LogP contribution < -0.4 is 10.6 Å². The average Bonchev–Trinajstić information content (AvgIpc) is 2.73. The maximum atomic E-state index is 13.0. The lowest BCUT2D eigenvalue weighted by atomic mass is 9.78. The van der Waals surface area contributed by atoms with Gasteiger partial charge in [0.05, 0.1) is 12.6 Å². The lowest BCUT2D eigenvalue weighted by molar-refractivity contribution is -0.128. The second kappa shape index (κ2) is 10.4. The van der Waals surface area contributed by atoms with Gasteiger partial charge in [0.2, 0.25) is 11.8 Å². The first-order chi connectivity index (χ1) is 14.3. The van der Waals surface area contributed by atoms with Crippen molar-refractivity contribution in [1.82, 2.24) is 15.1 Å². The number of carbonyl (C=O) groups excluding carboxylic acids is 2. The van der Waals surface area contributed by atoms with Crippen molar-refractivity contribution in [2.75, 3.05) is 38.0 Å². The van der Waals surface area contributed by atoms with E-state index < -0.39 is 0 Å². The van der Waals surface area contributed by atoms with E-state index in [9.17, 15) is 14.0 Å². The van der Waals surface area contributed by atoms with Gasteiger partial charge in [-0.25, -0.2) is 4.39 Å². The zero-order chi connectivity index (χ0) is 21.7. The number of piperazine rings is 1. The van der Waals surface area contributed by atoms with Crippen molar-refractivity contribution in [1.29, 1.82) is 0 Å². The first-order valence-electron chi connectivity index (χ1n) is 11.2. The first kappa shape index (κ1) is 22.7. The van der Waals surface area contributed by atoms with Crippen molar-refractivity contribution in [3.05, 3.63) is 30.1 Å². The smallest absolute Gasteiger partial charge is 0.238 e. The van der Waals surface area contributed by atoms with Gasteiger partial charge in [0.25, 0.3) is 0 Å². The van der Waals surface area contributed by atoms with Gasteiger partial charge in [-0.1, -0.05) is 26.7 Å². The molecule has 0 radical (unpaired) electrons. The Labute approximate surface area is 179 Å². The summed E-state index contributed by atoms with van der Waals surface area (Å²) in [6.45, 7) is 9.79. The third-order valence-electron chi connectivity index (χ3n) is 6.86. The van der Waals surface area contributed by atoms with Crippen LogP contribution in [-0.2, 0) is 9.59 Å². The lowest BCUT2D eigenvalue weighted by Crippen LogP contribution is -2.56. The highest BCUT2D eigenvalue weighted by Gasteiger charge is 2.31. The highest BCUT2D eigenvalue weighted by Crippen LogP contribution is 2.29. The molecule has 0 unspecified atom stereocenters. The molecule has 30 heavy (non-hydrogen) atoms. The molecule has 2 N–H and O–H groups in total. The Morgan fingerprint density at radius 2 is 1.77 bits per heavy atom. The van der Waals surface area contributed by atoms with Crippen LogP contribution in [0.5, 0.6) is 0 Å². The van der Waals surface area contributed by atoms with Gasteiger partial charge >= 0.3 is 0 Å². The predicted octanol–water partition coefficient (Wildman–Crippen LogP) is 2.71. The predicted molar refractivity (Wildman–Crippen MR) is 117 cm³/mol. The van der Waals surface area contributed by atoms with Crippen LogP contribution in [0.4, 0.5) is 10.1 Å². The zero-order valence-corrected chi connectivity index (χ0v) is 18.4. The van der Waals surface area contributed by atoms with Gasteiger partial charge in [0, 0.05) is 37.9 Å². The van der Waals surface area contributed by atoms with E-state index in [2.05, 4.69) is 34.3 Å². The average molecular weight is 419 g/mol. The number of hydrogen-bond donors (Lipinski definition) is 2. The molecule has 1 heterocycles. The third-order valence-corrected chi connectivity index (χ3v) is 6.86. The Morgan fingerprint density at radius 3 is 2.43 bits per heavy atom. The van der Waals surface area contributed by atoms with Gasteiger partial charge < -0.3 is 10.6 Å². The van der Waals surface area contributed by atoms with E-state index in [1.165, 1.54) is 25.0 Å². The molecule has 1 saturated carbocycles. The van der Waals surface area contributed by atoms with Gasteiger partial charge in [-0.2, -0.15) is 0 Å². The first-order valence-corrected chi connectivity index (χ1v) is 11.2. The van der Waals surface area contributed by atoms with Crippen LogP contribution in [-0.4, -0.2) is 66.4 Å². The van der Waals surface area contributed by atoms with E-state index in [1.807, 2.05) is 6.92 Å². The van der Waals surface area contributed by atoms with Crippen molar-refractivity contribution in [2.24, 2.45) is 11.8 Å². The molecule has 7 heteroatoms. The summed E-state index contributed by atoms with van der Waals surface area (Å²) in [6, 6.07) is 5.88. The van der Waals surface area contributed by atoms with Crippen LogP contribution in [0.1, 0.15) is 40.0 Å². The van der Waals surface area contributed by atoms with E-state index in [0.29, 0.717) is 24.1 Å². The Balaban J connectivity index is 1.41. The van der Waals surface area contributed by atoms with E-state index in [-0.39, 0.29) is 29.7 Å². The molecular formula is C23H35FN4O2. The largest absolute Gasteiger partial charge is 0.352 e. The van der Waals surface area contributed by atoms with Crippen molar-refractivity contribution < 1.29 is 14.0 Å². The maximum Gasteiger partial charge on any atom is 0.238 e. The molecule has 1 aliphatic heterocycles. The minimum atomic E-state index is -0.324. The molecular weight excluding hydrogens is 383 g/mol. The second-order valence-corrected chi connectivity index (χ2v) is 8.93. The summed E-state index contributed by atoms with van der Waals surface area (Å²) in [5.41, 5.74) is 0.594. The van der Waals surface area contributed by atoms with Crippen LogP contribution in [0.15, 0.2) is 24.3 Å². The third kappa shape index (κ3) is 6.01. The molecule has 1 aliphatic carbocycles. The van der Waals surface area contributed by atoms with E-state index in [0.717, 1.165) is 32.6 Å². The van der Waals surface area contributed by atoms with Gasteiger partial charge in [-0.3, -0.25) is 19.4 Å². The summed E-state index contributed by atoms with van der Waals surface area (Å²) >= 11 is 0. The molecule has 2 fully saturated rings. The Morgan fingerprint density at radius 1 is 1.10 bits per heavy atom. The van der Waals surface area contributed by atoms with Crippen molar-refractivity contribution in [3.8, 4) is 0 Å². The highest BCUT2D eigenvalue weighted by atomic mass is 19.1. The minimum Gasteiger partial charge on any atom is -0.352 e. The number of halogens is 1. The molecule has 4 atom stereocenters.